The molecule has 0 aliphatic heterocycles. The van der Waals surface area contributed by atoms with Gasteiger partial charge in [-0.15, -0.1) is 0 Å². The number of carbonyl (C=O) groups is 1. The number of aliphatic hydroxyl groups is 1. The summed E-state index contributed by atoms with van der Waals surface area (Å²) in [6, 6.07) is 4.24. The van der Waals surface area contributed by atoms with Gasteiger partial charge in [-0.2, -0.15) is 0 Å². The maximum Gasteiger partial charge on any atom is 0.251 e. The molecule has 0 heterocycles. The number of aromatic hydroxyl groups is 1. The number of hydrogen-bond acceptors (Lipinski definition) is 3. The van der Waals surface area contributed by atoms with Gasteiger partial charge >= 0.3 is 0 Å². The summed E-state index contributed by atoms with van der Waals surface area (Å²) in [4.78, 5) is 11.9. The first-order valence-corrected chi connectivity index (χ1v) is 6.58. The zero-order chi connectivity index (χ0) is 14.6. The van der Waals surface area contributed by atoms with E-state index in [9.17, 15) is 15.0 Å². The van der Waals surface area contributed by atoms with Gasteiger partial charge in [0.15, 0.2) is 0 Å². The molecule has 106 valence electrons. The molecule has 0 fully saturated rings. The minimum atomic E-state index is -0.940. The molecule has 1 amide bonds. The predicted octanol–water partition coefficient (Wildman–Crippen LogP) is 2.57. The molecule has 0 aliphatic rings. The van der Waals surface area contributed by atoms with Gasteiger partial charge < -0.3 is 15.5 Å². The Morgan fingerprint density at radius 3 is 2.63 bits per heavy atom. The molecule has 19 heavy (non-hydrogen) atoms. The van der Waals surface area contributed by atoms with Crippen LogP contribution in [0.2, 0.25) is 5.02 Å². The Kier molecular flexibility index (Phi) is 5.20. The van der Waals surface area contributed by atoms with Gasteiger partial charge in [-0.05, 0) is 37.5 Å². The second-order valence-corrected chi connectivity index (χ2v) is 5.85. The SMILES string of the molecule is CC(C)CC(C)(O)CNC(=O)c1ccc(O)c(Cl)c1. The molecular weight excluding hydrogens is 266 g/mol. The van der Waals surface area contributed by atoms with Gasteiger partial charge in [0.05, 0.1) is 10.6 Å². The van der Waals surface area contributed by atoms with Crippen LogP contribution in [0, 0.1) is 5.92 Å². The lowest BCUT2D eigenvalue weighted by Crippen LogP contribution is -2.41. The van der Waals surface area contributed by atoms with Gasteiger partial charge in [-0.25, -0.2) is 0 Å². The number of hydrogen-bond donors (Lipinski definition) is 3. The van der Waals surface area contributed by atoms with Crippen LogP contribution in [-0.2, 0) is 0 Å². The monoisotopic (exact) mass is 285 g/mol. The van der Waals surface area contributed by atoms with Crippen LogP contribution in [0.4, 0.5) is 0 Å². The van der Waals surface area contributed by atoms with Crippen LogP contribution >= 0.6 is 11.6 Å². The number of benzene rings is 1. The molecule has 0 bridgehead atoms. The molecule has 1 unspecified atom stereocenters. The maximum atomic E-state index is 11.9. The molecule has 0 saturated carbocycles. The van der Waals surface area contributed by atoms with Crippen molar-refractivity contribution >= 4 is 17.5 Å². The Morgan fingerprint density at radius 1 is 1.47 bits per heavy atom. The van der Waals surface area contributed by atoms with Gasteiger partial charge in [0, 0.05) is 12.1 Å². The van der Waals surface area contributed by atoms with Crippen LogP contribution in [-0.4, -0.2) is 28.3 Å². The number of rotatable bonds is 5. The summed E-state index contributed by atoms with van der Waals surface area (Å²) in [5, 5.41) is 22.2. The highest BCUT2D eigenvalue weighted by Crippen LogP contribution is 2.23. The van der Waals surface area contributed by atoms with Crippen LogP contribution in [0.25, 0.3) is 0 Å². The third-order valence-corrected chi connectivity index (χ3v) is 2.99. The first-order chi connectivity index (χ1) is 8.71. The van der Waals surface area contributed by atoms with E-state index in [1.807, 2.05) is 13.8 Å². The second kappa shape index (κ2) is 6.26. The predicted molar refractivity (Wildman–Crippen MR) is 75.5 cm³/mol. The minimum absolute atomic E-state index is 0.0648. The Balaban J connectivity index is 2.62. The van der Waals surface area contributed by atoms with E-state index >= 15 is 0 Å². The average Bonchev–Trinajstić information content (AvgIpc) is 2.28. The van der Waals surface area contributed by atoms with Crippen molar-refractivity contribution in [2.75, 3.05) is 6.54 Å². The maximum absolute atomic E-state index is 11.9. The van der Waals surface area contributed by atoms with E-state index < -0.39 is 5.60 Å². The highest BCUT2D eigenvalue weighted by molar-refractivity contribution is 6.32. The first-order valence-electron chi connectivity index (χ1n) is 6.20. The van der Waals surface area contributed by atoms with Gasteiger partial charge in [0.2, 0.25) is 0 Å². The molecule has 1 aromatic rings. The van der Waals surface area contributed by atoms with E-state index in [0.717, 1.165) is 0 Å². The number of phenols is 1. The summed E-state index contributed by atoms with van der Waals surface area (Å²) >= 11 is 5.74. The minimum Gasteiger partial charge on any atom is -0.506 e. The summed E-state index contributed by atoms with van der Waals surface area (Å²) in [6.07, 6.45) is 0.601. The Morgan fingerprint density at radius 2 is 2.11 bits per heavy atom. The number of nitrogens with one attached hydrogen (secondary N) is 1. The van der Waals surface area contributed by atoms with E-state index in [1.54, 1.807) is 6.92 Å². The van der Waals surface area contributed by atoms with E-state index in [1.165, 1.54) is 18.2 Å². The lowest BCUT2D eigenvalue weighted by molar-refractivity contribution is 0.0368. The molecule has 1 atom stereocenters. The van der Waals surface area contributed by atoms with E-state index in [2.05, 4.69) is 5.32 Å². The molecule has 0 radical (unpaired) electrons. The summed E-state index contributed by atoms with van der Waals surface area (Å²) in [7, 11) is 0. The number of carbonyl (C=O) groups excluding carboxylic acids is 1. The zero-order valence-corrected chi connectivity index (χ0v) is 12.2. The van der Waals surface area contributed by atoms with Crippen LogP contribution < -0.4 is 5.32 Å². The molecule has 5 heteroatoms. The number of amides is 1. The molecule has 0 aromatic heterocycles. The van der Waals surface area contributed by atoms with Crippen molar-refractivity contribution in [3.05, 3.63) is 28.8 Å². The van der Waals surface area contributed by atoms with Crippen molar-refractivity contribution < 1.29 is 15.0 Å². The van der Waals surface area contributed by atoms with E-state index in [4.69, 9.17) is 11.6 Å². The Hall–Kier alpha value is -1.26. The molecule has 0 aliphatic carbocycles. The van der Waals surface area contributed by atoms with Gasteiger partial charge in [0.1, 0.15) is 5.75 Å². The fraction of sp³-hybridized carbons (Fsp3) is 0.500. The molecule has 0 saturated heterocycles. The van der Waals surface area contributed by atoms with Crippen molar-refractivity contribution in [2.24, 2.45) is 5.92 Å². The first kappa shape index (κ1) is 15.8. The van der Waals surface area contributed by atoms with Crippen LogP contribution in [0.5, 0.6) is 5.75 Å². The average molecular weight is 286 g/mol. The summed E-state index contributed by atoms with van der Waals surface area (Å²) in [5.41, 5.74) is -0.590. The normalized spacial score (nSPS) is 14.2. The number of halogens is 1. The van der Waals surface area contributed by atoms with Crippen molar-refractivity contribution in [3.8, 4) is 5.75 Å². The quantitative estimate of drug-likeness (QED) is 0.779. The van der Waals surface area contributed by atoms with Crippen LogP contribution in [0.1, 0.15) is 37.6 Å². The molecule has 3 N–H and O–H groups in total. The van der Waals surface area contributed by atoms with Gasteiger partial charge in [-0.3, -0.25) is 4.79 Å². The molecular formula is C14H20ClNO3. The highest BCUT2D eigenvalue weighted by atomic mass is 35.5. The molecule has 1 aromatic carbocycles. The standard InChI is InChI=1S/C14H20ClNO3/c1-9(2)7-14(3,19)8-16-13(18)10-4-5-12(17)11(15)6-10/h4-6,9,17,19H,7-8H2,1-3H3,(H,16,18). The lowest BCUT2D eigenvalue weighted by atomic mass is 9.94. The second-order valence-electron chi connectivity index (χ2n) is 5.44. The Labute approximate surface area is 118 Å². The fourth-order valence-electron chi connectivity index (χ4n) is 1.97. The zero-order valence-electron chi connectivity index (χ0n) is 11.4. The summed E-state index contributed by atoms with van der Waals surface area (Å²) < 4.78 is 0. The molecule has 1 rings (SSSR count). The molecule has 0 spiro atoms. The largest absolute Gasteiger partial charge is 0.506 e. The van der Waals surface area contributed by atoms with Crippen molar-refractivity contribution in [1.82, 2.24) is 5.32 Å². The highest BCUT2D eigenvalue weighted by Gasteiger charge is 2.22. The van der Waals surface area contributed by atoms with Crippen molar-refractivity contribution in [2.45, 2.75) is 32.8 Å². The summed E-state index contributed by atoms with van der Waals surface area (Å²) in [5.74, 6) is -0.0500. The smallest absolute Gasteiger partial charge is 0.251 e. The van der Waals surface area contributed by atoms with Crippen molar-refractivity contribution in [1.29, 1.82) is 0 Å². The van der Waals surface area contributed by atoms with E-state index in [0.29, 0.717) is 17.9 Å². The molecule has 4 nitrogen and oxygen atoms in total. The lowest BCUT2D eigenvalue weighted by Gasteiger charge is -2.25. The van der Waals surface area contributed by atoms with Crippen LogP contribution in [0.15, 0.2) is 18.2 Å². The van der Waals surface area contributed by atoms with Crippen molar-refractivity contribution in [3.63, 3.8) is 0 Å². The van der Waals surface area contributed by atoms with Crippen LogP contribution in [0.3, 0.4) is 0 Å². The van der Waals surface area contributed by atoms with Gasteiger partial charge in [0.25, 0.3) is 5.91 Å². The third-order valence-electron chi connectivity index (χ3n) is 2.69. The number of phenolic OH excluding ortho intramolecular Hbond substituents is 1. The van der Waals surface area contributed by atoms with E-state index in [-0.39, 0.29) is 23.2 Å². The topological polar surface area (TPSA) is 69.6 Å². The third kappa shape index (κ3) is 5.09. The Bertz CT molecular complexity index is 458. The summed E-state index contributed by atoms with van der Waals surface area (Å²) in [6.45, 7) is 5.88. The fourth-order valence-corrected chi connectivity index (χ4v) is 2.15. The van der Waals surface area contributed by atoms with Gasteiger partial charge in [-0.1, -0.05) is 25.4 Å².